The van der Waals surface area contributed by atoms with Gasteiger partial charge >= 0.3 is 0 Å². The molecule has 1 N–H and O–H groups in total. The third kappa shape index (κ3) is 2.79. The van der Waals surface area contributed by atoms with Gasteiger partial charge in [0.15, 0.2) is 5.78 Å². The van der Waals surface area contributed by atoms with Crippen LogP contribution < -0.4 is 0 Å². The van der Waals surface area contributed by atoms with Gasteiger partial charge in [-0.2, -0.15) is 0 Å². The van der Waals surface area contributed by atoms with Gasteiger partial charge in [0.25, 0.3) is 0 Å². The fourth-order valence-corrected chi connectivity index (χ4v) is 2.89. The molecule has 1 heterocycles. The van der Waals surface area contributed by atoms with Crippen molar-refractivity contribution in [2.75, 3.05) is 0 Å². The summed E-state index contributed by atoms with van der Waals surface area (Å²) >= 11 is 5.89. The van der Waals surface area contributed by atoms with Crippen LogP contribution in [0.15, 0.2) is 48.7 Å². The molecule has 3 rings (SSSR count). The van der Waals surface area contributed by atoms with Gasteiger partial charge in [-0.15, -0.1) is 0 Å². The van der Waals surface area contributed by atoms with Gasteiger partial charge in [-0.1, -0.05) is 37.6 Å². The van der Waals surface area contributed by atoms with E-state index in [1.807, 2.05) is 18.3 Å². The van der Waals surface area contributed by atoms with Crippen LogP contribution in [-0.2, 0) is 6.42 Å². The summed E-state index contributed by atoms with van der Waals surface area (Å²) in [6.45, 7) is 4.39. The van der Waals surface area contributed by atoms with Gasteiger partial charge in [0.1, 0.15) is 0 Å². The molecule has 0 aliphatic rings. The molecular formula is C19H18ClNO. The monoisotopic (exact) mass is 311 g/mol. The van der Waals surface area contributed by atoms with Gasteiger partial charge in [-0.25, -0.2) is 0 Å². The van der Waals surface area contributed by atoms with Crippen molar-refractivity contribution in [3.8, 4) is 0 Å². The van der Waals surface area contributed by atoms with Gasteiger partial charge in [-0.3, -0.25) is 4.79 Å². The zero-order valence-electron chi connectivity index (χ0n) is 12.7. The predicted octanol–water partition coefficient (Wildman–Crippen LogP) is 5.25. The van der Waals surface area contributed by atoms with Crippen LogP contribution in [0.2, 0.25) is 5.02 Å². The molecule has 0 aliphatic heterocycles. The lowest BCUT2D eigenvalue weighted by Gasteiger charge is -2.05. The van der Waals surface area contributed by atoms with Crippen LogP contribution in [0.3, 0.4) is 0 Å². The van der Waals surface area contributed by atoms with E-state index in [2.05, 4.69) is 24.9 Å². The van der Waals surface area contributed by atoms with E-state index in [0.717, 1.165) is 17.3 Å². The van der Waals surface area contributed by atoms with Crippen molar-refractivity contribution < 1.29 is 4.79 Å². The van der Waals surface area contributed by atoms with E-state index < -0.39 is 0 Å². The summed E-state index contributed by atoms with van der Waals surface area (Å²) in [4.78, 5) is 16.0. The molecule has 0 bridgehead atoms. The maximum atomic E-state index is 12.7. The number of carbonyl (C=O) groups is 1. The second kappa shape index (κ2) is 5.98. The largest absolute Gasteiger partial charge is 0.360 e. The molecule has 3 heteroatoms. The summed E-state index contributed by atoms with van der Waals surface area (Å²) in [5.74, 6) is 0.592. The molecule has 2 nitrogen and oxygen atoms in total. The molecule has 0 fully saturated rings. The first-order valence-corrected chi connectivity index (χ1v) is 7.83. The van der Waals surface area contributed by atoms with Crippen molar-refractivity contribution in [2.24, 2.45) is 5.92 Å². The van der Waals surface area contributed by atoms with Gasteiger partial charge in [0.05, 0.1) is 5.52 Å². The molecule has 112 valence electrons. The molecule has 0 spiro atoms. The standard InChI is InChI=1S/C19H18ClNO/c1-12(2)10-14-11-21-18-16(14)4-3-5-17(18)19(22)13-6-8-15(20)9-7-13/h3-9,11-12,21H,10H2,1-2H3. The zero-order valence-corrected chi connectivity index (χ0v) is 13.4. The number of aromatic amines is 1. The van der Waals surface area contributed by atoms with Crippen LogP contribution in [0.4, 0.5) is 0 Å². The highest BCUT2D eigenvalue weighted by molar-refractivity contribution is 6.30. The highest BCUT2D eigenvalue weighted by Gasteiger charge is 2.15. The van der Waals surface area contributed by atoms with Gasteiger partial charge in [0.2, 0.25) is 0 Å². The van der Waals surface area contributed by atoms with Gasteiger partial charge in [-0.05, 0) is 48.2 Å². The van der Waals surface area contributed by atoms with Crippen molar-refractivity contribution >= 4 is 28.3 Å². The van der Waals surface area contributed by atoms with Crippen LogP contribution in [0.1, 0.15) is 35.3 Å². The Labute approximate surface area is 135 Å². The Morgan fingerprint density at radius 3 is 2.55 bits per heavy atom. The molecule has 2 aromatic carbocycles. The normalized spacial score (nSPS) is 11.3. The molecule has 1 aromatic heterocycles. The number of ketones is 1. The number of hydrogen-bond acceptors (Lipinski definition) is 1. The summed E-state index contributed by atoms with van der Waals surface area (Å²) in [5, 5.41) is 1.77. The van der Waals surface area contributed by atoms with E-state index in [1.165, 1.54) is 5.56 Å². The van der Waals surface area contributed by atoms with Crippen molar-refractivity contribution in [3.05, 3.63) is 70.4 Å². The second-order valence-electron chi connectivity index (χ2n) is 5.98. The Morgan fingerprint density at radius 2 is 1.86 bits per heavy atom. The number of nitrogens with one attached hydrogen (secondary N) is 1. The van der Waals surface area contributed by atoms with Crippen LogP contribution in [0, 0.1) is 5.92 Å². The first-order valence-electron chi connectivity index (χ1n) is 7.45. The average Bonchev–Trinajstić information content (AvgIpc) is 2.90. The van der Waals surface area contributed by atoms with E-state index >= 15 is 0 Å². The van der Waals surface area contributed by atoms with Gasteiger partial charge in [0, 0.05) is 27.7 Å². The molecular weight excluding hydrogens is 294 g/mol. The maximum Gasteiger partial charge on any atom is 0.195 e. The summed E-state index contributed by atoms with van der Waals surface area (Å²) in [7, 11) is 0. The van der Waals surface area contributed by atoms with Crippen molar-refractivity contribution in [3.63, 3.8) is 0 Å². The number of benzene rings is 2. The molecule has 3 aromatic rings. The molecule has 0 amide bonds. The lowest BCUT2D eigenvalue weighted by molar-refractivity contribution is 0.104. The number of halogens is 1. The number of para-hydroxylation sites is 1. The van der Waals surface area contributed by atoms with Crippen molar-refractivity contribution in [1.82, 2.24) is 4.98 Å². The predicted molar refractivity (Wildman–Crippen MR) is 91.7 cm³/mol. The smallest absolute Gasteiger partial charge is 0.195 e. The average molecular weight is 312 g/mol. The highest BCUT2D eigenvalue weighted by Crippen LogP contribution is 2.26. The molecule has 0 radical (unpaired) electrons. The van der Waals surface area contributed by atoms with Crippen molar-refractivity contribution in [2.45, 2.75) is 20.3 Å². The molecule has 0 atom stereocenters. The van der Waals surface area contributed by atoms with Crippen molar-refractivity contribution in [1.29, 1.82) is 0 Å². The second-order valence-corrected chi connectivity index (χ2v) is 6.41. The van der Waals surface area contributed by atoms with E-state index in [0.29, 0.717) is 22.1 Å². The Bertz CT molecular complexity index is 815. The topological polar surface area (TPSA) is 32.9 Å². The quantitative estimate of drug-likeness (QED) is 0.656. The van der Waals surface area contributed by atoms with Crippen LogP contribution >= 0.6 is 11.6 Å². The summed E-state index contributed by atoms with van der Waals surface area (Å²) in [6.07, 6.45) is 3.02. The summed E-state index contributed by atoms with van der Waals surface area (Å²) in [5.41, 5.74) is 3.53. The minimum absolute atomic E-state index is 0.0141. The maximum absolute atomic E-state index is 12.7. The summed E-state index contributed by atoms with van der Waals surface area (Å²) in [6, 6.07) is 12.9. The summed E-state index contributed by atoms with van der Waals surface area (Å²) < 4.78 is 0. The third-order valence-corrected chi connectivity index (χ3v) is 4.03. The van der Waals surface area contributed by atoms with E-state index in [-0.39, 0.29) is 5.78 Å². The fourth-order valence-electron chi connectivity index (χ4n) is 2.77. The van der Waals surface area contributed by atoms with Crippen LogP contribution in [0.5, 0.6) is 0 Å². The van der Waals surface area contributed by atoms with E-state index in [4.69, 9.17) is 11.6 Å². The third-order valence-electron chi connectivity index (χ3n) is 3.78. The van der Waals surface area contributed by atoms with E-state index in [9.17, 15) is 4.79 Å². The SMILES string of the molecule is CC(C)Cc1c[nH]c2c(C(=O)c3ccc(Cl)cc3)cccc12. The molecule has 0 saturated carbocycles. The first-order chi connectivity index (χ1) is 10.6. The number of hydrogen-bond donors (Lipinski definition) is 1. The Kier molecular flexibility index (Phi) is 4.04. The zero-order chi connectivity index (χ0) is 15.7. The number of fused-ring (bicyclic) bond motifs is 1. The molecule has 0 unspecified atom stereocenters. The minimum Gasteiger partial charge on any atom is -0.360 e. The van der Waals surface area contributed by atoms with Crippen LogP contribution in [-0.4, -0.2) is 10.8 Å². The Hall–Kier alpha value is -2.06. The number of carbonyl (C=O) groups excluding carboxylic acids is 1. The Morgan fingerprint density at radius 1 is 1.14 bits per heavy atom. The van der Waals surface area contributed by atoms with Crippen LogP contribution in [0.25, 0.3) is 10.9 Å². The fraction of sp³-hybridized carbons (Fsp3) is 0.211. The highest BCUT2D eigenvalue weighted by atomic mass is 35.5. The molecule has 0 saturated heterocycles. The number of H-pyrrole nitrogens is 1. The number of rotatable bonds is 4. The molecule has 22 heavy (non-hydrogen) atoms. The minimum atomic E-state index is 0.0141. The van der Waals surface area contributed by atoms with E-state index in [1.54, 1.807) is 24.3 Å². The number of aromatic nitrogens is 1. The Balaban J connectivity index is 2.05. The first kappa shape index (κ1) is 14.9. The lowest BCUT2D eigenvalue weighted by Crippen LogP contribution is -2.02. The van der Waals surface area contributed by atoms with Gasteiger partial charge < -0.3 is 4.98 Å². The lowest BCUT2D eigenvalue weighted by atomic mass is 9.98. The molecule has 0 aliphatic carbocycles.